The normalized spacial score (nSPS) is 10.4. The fourth-order valence-corrected chi connectivity index (χ4v) is 2.44. The highest BCUT2D eigenvalue weighted by Gasteiger charge is 2.06. The summed E-state index contributed by atoms with van der Waals surface area (Å²) < 4.78 is 1.04. The maximum Gasteiger partial charge on any atom is 0.228 e. The fourth-order valence-electron chi connectivity index (χ4n) is 1.22. The van der Waals surface area contributed by atoms with Gasteiger partial charge in [0.25, 0.3) is 0 Å². The van der Waals surface area contributed by atoms with Gasteiger partial charge in [0.15, 0.2) is 5.16 Å². The van der Waals surface area contributed by atoms with Crippen molar-refractivity contribution in [1.82, 2.24) is 15.0 Å². The van der Waals surface area contributed by atoms with Crippen molar-refractivity contribution in [2.75, 3.05) is 11.9 Å². The Morgan fingerprint density at radius 3 is 2.61 bits per heavy atom. The maximum absolute atomic E-state index is 5.85. The van der Waals surface area contributed by atoms with Gasteiger partial charge in [0.05, 0.1) is 0 Å². The molecule has 1 aromatic heterocycles. The molecule has 0 radical (unpaired) electrons. The number of benzene rings is 1. The van der Waals surface area contributed by atoms with Gasteiger partial charge in [-0.1, -0.05) is 15.9 Å². The average Bonchev–Trinajstić information content (AvgIpc) is 2.32. The quantitative estimate of drug-likeness (QED) is 0.911. The summed E-state index contributed by atoms with van der Waals surface area (Å²) in [7, 11) is 0. The maximum atomic E-state index is 5.85. The molecule has 0 aliphatic carbocycles. The lowest BCUT2D eigenvalue weighted by Crippen LogP contribution is -2.04. The zero-order valence-corrected chi connectivity index (χ0v) is 12.7. The Hall–Kier alpha value is -0.850. The molecule has 94 valence electrons. The first-order valence-corrected chi connectivity index (χ1v) is 7.25. The van der Waals surface area contributed by atoms with Crippen molar-refractivity contribution in [3.63, 3.8) is 0 Å². The van der Waals surface area contributed by atoms with Crippen LogP contribution in [0.25, 0.3) is 0 Å². The predicted octanol–water partition coefficient (Wildman–Crippen LogP) is 3.87. The molecule has 0 aliphatic rings. The highest BCUT2D eigenvalue weighted by Crippen LogP contribution is 2.27. The lowest BCUT2D eigenvalue weighted by molar-refractivity contribution is 0.898. The zero-order chi connectivity index (χ0) is 13.0. The van der Waals surface area contributed by atoms with E-state index in [1.54, 1.807) is 0 Å². The highest BCUT2D eigenvalue weighted by molar-refractivity contribution is 9.10. The summed E-state index contributed by atoms with van der Waals surface area (Å²) in [6, 6.07) is 7.91. The van der Waals surface area contributed by atoms with Gasteiger partial charge in [0.2, 0.25) is 11.2 Å². The molecular weight excluding hydrogens is 336 g/mol. The molecule has 7 heteroatoms. The van der Waals surface area contributed by atoms with Crippen LogP contribution < -0.4 is 5.32 Å². The Labute approximate surface area is 123 Å². The molecular formula is C11H10BrClN4S. The van der Waals surface area contributed by atoms with Crippen LogP contribution in [0, 0.1) is 0 Å². The molecule has 0 unspecified atom stereocenters. The third kappa shape index (κ3) is 3.83. The Morgan fingerprint density at radius 1 is 1.22 bits per heavy atom. The van der Waals surface area contributed by atoms with Crippen LogP contribution in [0.5, 0.6) is 0 Å². The van der Waals surface area contributed by atoms with Crippen LogP contribution in [-0.4, -0.2) is 21.5 Å². The lowest BCUT2D eigenvalue weighted by Gasteiger charge is -2.04. The number of anilines is 1. The van der Waals surface area contributed by atoms with Gasteiger partial charge in [-0.05, 0) is 54.6 Å². The Kier molecular flexibility index (Phi) is 4.79. The Morgan fingerprint density at radius 2 is 1.94 bits per heavy atom. The van der Waals surface area contributed by atoms with E-state index in [1.165, 1.54) is 11.8 Å². The molecule has 0 spiro atoms. The average molecular weight is 346 g/mol. The topological polar surface area (TPSA) is 50.7 Å². The minimum atomic E-state index is 0.195. The van der Waals surface area contributed by atoms with Crippen molar-refractivity contribution in [3.8, 4) is 0 Å². The van der Waals surface area contributed by atoms with E-state index in [9.17, 15) is 0 Å². The summed E-state index contributed by atoms with van der Waals surface area (Å²) in [6.07, 6.45) is 0. The molecule has 0 aliphatic heterocycles. The minimum Gasteiger partial charge on any atom is -0.354 e. The molecule has 1 N–H and O–H groups in total. The predicted molar refractivity (Wildman–Crippen MR) is 77.3 cm³/mol. The molecule has 0 atom stereocenters. The zero-order valence-electron chi connectivity index (χ0n) is 9.52. The Bertz CT molecular complexity index is 535. The van der Waals surface area contributed by atoms with Crippen molar-refractivity contribution in [2.45, 2.75) is 17.0 Å². The number of hydrogen-bond acceptors (Lipinski definition) is 5. The van der Waals surface area contributed by atoms with Crippen molar-refractivity contribution < 1.29 is 0 Å². The smallest absolute Gasteiger partial charge is 0.228 e. The fraction of sp³-hybridized carbons (Fsp3) is 0.182. The van der Waals surface area contributed by atoms with E-state index >= 15 is 0 Å². The summed E-state index contributed by atoms with van der Waals surface area (Å²) in [5.41, 5.74) is 0. The van der Waals surface area contributed by atoms with Crippen molar-refractivity contribution in [1.29, 1.82) is 0 Å². The molecule has 0 bridgehead atoms. The summed E-state index contributed by atoms with van der Waals surface area (Å²) in [5, 5.41) is 3.79. The van der Waals surface area contributed by atoms with E-state index < -0.39 is 0 Å². The van der Waals surface area contributed by atoms with Gasteiger partial charge in [0, 0.05) is 15.9 Å². The van der Waals surface area contributed by atoms with Crippen molar-refractivity contribution in [2.24, 2.45) is 0 Å². The number of nitrogens with one attached hydrogen (secondary N) is 1. The Balaban J connectivity index is 2.20. The van der Waals surface area contributed by atoms with E-state index in [2.05, 4.69) is 36.2 Å². The van der Waals surface area contributed by atoms with Crippen molar-refractivity contribution >= 4 is 45.2 Å². The minimum absolute atomic E-state index is 0.195. The number of halogens is 2. The van der Waals surface area contributed by atoms with Crippen molar-refractivity contribution in [3.05, 3.63) is 34.0 Å². The third-order valence-electron chi connectivity index (χ3n) is 1.95. The molecule has 0 saturated carbocycles. The molecule has 1 heterocycles. The summed E-state index contributed by atoms with van der Waals surface area (Å²) in [4.78, 5) is 13.4. The summed E-state index contributed by atoms with van der Waals surface area (Å²) >= 11 is 10.7. The number of aromatic nitrogens is 3. The van der Waals surface area contributed by atoms with Crippen LogP contribution in [-0.2, 0) is 0 Å². The molecule has 0 amide bonds. The molecule has 0 fully saturated rings. The molecule has 4 nitrogen and oxygen atoms in total. The van der Waals surface area contributed by atoms with E-state index in [0.29, 0.717) is 11.1 Å². The SMILES string of the molecule is CCNc1nc(Cl)nc(Sc2ccc(Br)cc2)n1. The van der Waals surface area contributed by atoms with Crippen LogP contribution in [0.15, 0.2) is 38.8 Å². The first kappa shape index (κ1) is 13.6. The van der Waals surface area contributed by atoms with E-state index in [1.807, 2.05) is 31.2 Å². The first-order chi connectivity index (χ1) is 8.67. The standard InChI is InChI=1S/C11H10BrClN4S/c1-2-14-10-15-9(13)16-11(17-10)18-8-5-3-7(12)4-6-8/h3-6H,2H2,1H3,(H,14,15,16,17). The second-order valence-electron chi connectivity index (χ2n) is 3.30. The summed E-state index contributed by atoms with van der Waals surface area (Å²) in [6.45, 7) is 2.71. The van der Waals surface area contributed by atoms with Gasteiger partial charge in [-0.15, -0.1) is 0 Å². The summed E-state index contributed by atoms with van der Waals surface area (Å²) in [5.74, 6) is 0.497. The van der Waals surface area contributed by atoms with E-state index in [0.717, 1.165) is 15.9 Å². The molecule has 1 aromatic carbocycles. The van der Waals surface area contributed by atoms with E-state index in [4.69, 9.17) is 11.6 Å². The van der Waals surface area contributed by atoms with Crippen LogP contribution in [0.1, 0.15) is 6.92 Å². The van der Waals surface area contributed by atoms with Crippen LogP contribution in [0.3, 0.4) is 0 Å². The molecule has 18 heavy (non-hydrogen) atoms. The second-order valence-corrected chi connectivity index (χ2v) is 5.59. The van der Waals surface area contributed by atoms with Crippen LogP contribution >= 0.6 is 39.3 Å². The van der Waals surface area contributed by atoms with Gasteiger partial charge in [-0.2, -0.15) is 15.0 Å². The number of nitrogens with zero attached hydrogens (tertiary/aromatic N) is 3. The second kappa shape index (κ2) is 6.36. The molecule has 0 saturated heterocycles. The van der Waals surface area contributed by atoms with E-state index in [-0.39, 0.29) is 5.28 Å². The first-order valence-electron chi connectivity index (χ1n) is 5.26. The van der Waals surface area contributed by atoms with Crippen LogP contribution in [0.2, 0.25) is 5.28 Å². The molecule has 2 aromatic rings. The van der Waals surface area contributed by atoms with Gasteiger partial charge < -0.3 is 5.32 Å². The lowest BCUT2D eigenvalue weighted by atomic mass is 10.4. The number of rotatable bonds is 4. The molecule has 2 rings (SSSR count). The number of hydrogen-bond donors (Lipinski definition) is 1. The van der Waals surface area contributed by atoms with Gasteiger partial charge in [0.1, 0.15) is 0 Å². The van der Waals surface area contributed by atoms with Gasteiger partial charge >= 0.3 is 0 Å². The monoisotopic (exact) mass is 344 g/mol. The van der Waals surface area contributed by atoms with Gasteiger partial charge in [-0.3, -0.25) is 0 Å². The van der Waals surface area contributed by atoms with Gasteiger partial charge in [-0.25, -0.2) is 0 Å². The largest absolute Gasteiger partial charge is 0.354 e. The highest BCUT2D eigenvalue weighted by atomic mass is 79.9. The van der Waals surface area contributed by atoms with Crippen LogP contribution in [0.4, 0.5) is 5.95 Å². The third-order valence-corrected chi connectivity index (χ3v) is 3.52.